The van der Waals surface area contributed by atoms with Crippen LogP contribution in [0.4, 0.5) is 10.1 Å². The Morgan fingerprint density at radius 2 is 1.90 bits per heavy atom. The SMILES string of the molecule is Cc1cc(F)c2c(c1)C(=O)C(=O)N2CCc1ccncc1. The Bertz CT molecular complexity index is 729. The molecule has 2 aromatic rings. The third-order valence-corrected chi connectivity index (χ3v) is 3.54. The predicted molar refractivity (Wildman–Crippen MR) is 75.8 cm³/mol. The smallest absolute Gasteiger partial charge is 0.299 e. The molecule has 0 spiro atoms. The van der Waals surface area contributed by atoms with Crippen LogP contribution >= 0.6 is 0 Å². The molecular formula is C16H13FN2O2. The molecule has 1 aliphatic rings. The third kappa shape index (κ3) is 2.31. The van der Waals surface area contributed by atoms with Crippen molar-refractivity contribution in [1.29, 1.82) is 0 Å². The molecule has 1 aromatic carbocycles. The van der Waals surface area contributed by atoms with Crippen LogP contribution in [0.25, 0.3) is 0 Å². The zero-order chi connectivity index (χ0) is 15.0. The summed E-state index contributed by atoms with van der Waals surface area (Å²) < 4.78 is 14.1. The second-order valence-corrected chi connectivity index (χ2v) is 5.03. The van der Waals surface area contributed by atoms with Gasteiger partial charge in [-0.2, -0.15) is 0 Å². The maximum atomic E-state index is 14.1. The van der Waals surface area contributed by atoms with Crippen molar-refractivity contribution in [3.05, 3.63) is 59.2 Å². The molecular weight excluding hydrogens is 271 g/mol. The second-order valence-electron chi connectivity index (χ2n) is 5.03. The normalized spacial score (nSPS) is 13.7. The molecule has 1 aromatic heterocycles. The van der Waals surface area contributed by atoms with Gasteiger partial charge in [0.1, 0.15) is 5.82 Å². The van der Waals surface area contributed by atoms with E-state index < -0.39 is 17.5 Å². The first-order valence-corrected chi connectivity index (χ1v) is 6.63. The third-order valence-electron chi connectivity index (χ3n) is 3.54. The van der Waals surface area contributed by atoms with E-state index in [-0.39, 0.29) is 17.8 Å². The number of amides is 1. The molecule has 1 amide bonds. The van der Waals surface area contributed by atoms with E-state index in [9.17, 15) is 14.0 Å². The van der Waals surface area contributed by atoms with Crippen molar-refractivity contribution in [2.24, 2.45) is 0 Å². The highest BCUT2D eigenvalue weighted by molar-refractivity contribution is 6.52. The van der Waals surface area contributed by atoms with Gasteiger partial charge < -0.3 is 4.90 Å². The van der Waals surface area contributed by atoms with Gasteiger partial charge in [-0.1, -0.05) is 0 Å². The average Bonchev–Trinajstić information content (AvgIpc) is 2.71. The molecule has 21 heavy (non-hydrogen) atoms. The molecule has 0 N–H and O–H groups in total. The van der Waals surface area contributed by atoms with E-state index in [0.717, 1.165) is 5.56 Å². The van der Waals surface area contributed by atoms with E-state index in [0.29, 0.717) is 12.0 Å². The molecule has 2 heterocycles. The van der Waals surface area contributed by atoms with Gasteiger partial charge in [0.2, 0.25) is 0 Å². The average molecular weight is 284 g/mol. The first-order chi connectivity index (χ1) is 10.1. The van der Waals surface area contributed by atoms with Crippen molar-refractivity contribution in [3.8, 4) is 0 Å². The molecule has 106 valence electrons. The largest absolute Gasteiger partial charge is 0.302 e. The number of aromatic nitrogens is 1. The number of benzene rings is 1. The minimum atomic E-state index is -0.663. The van der Waals surface area contributed by atoms with Gasteiger partial charge in [-0.15, -0.1) is 0 Å². The summed E-state index contributed by atoms with van der Waals surface area (Å²) in [7, 11) is 0. The van der Waals surface area contributed by atoms with Gasteiger partial charge >= 0.3 is 0 Å². The number of anilines is 1. The first-order valence-electron chi connectivity index (χ1n) is 6.63. The van der Waals surface area contributed by atoms with Crippen LogP contribution in [-0.2, 0) is 11.2 Å². The minimum Gasteiger partial charge on any atom is -0.302 e. The van der Waals surface area contributed by atoms with Gasteiger partial charge in [-0.25, -0.2) is 4.39 Å². The second kappa shape index (κ2) is 5.09. The van der Waals surface area contributed by atoms with E-state index in [1.807, 2.05) is 12.1 Å². The summed E-state index contributed by atoms with van der Waals surface area (Å²) in [6, 6.07) is 6.55. The summed E-state index contributed by atoms with van der Waals surface area (Å²) in [4.78, 5) is 29.1. The number of hydrogen-bond donors (Lipinski definition) is 0. The Morgan fingerprint density at radius 3 is 2.62 bits per heavy atom. The molecule has 4 nitrogen and oxygen atoms in total. The number of Topliss-reactive ketones (excluding diaryl/α,β-unsaturated/α-hetero) is 1. The number of hydrogen-bond acceptors (Lipinski definition) is 3. The Balaban J connectivity index is 1.91. The summed E-state index contributed by atoms with van der Waals surface area (Å²) in [5.41, 5.74) is 1.87. The van der Waals surface area contributed by atoms with Crippen LogP contribution in [0, 0.1) is 12.7 Å². The van der Waals surface area contributed by atoms with Gasteiger partial charge in [0.25, 0.3) is 11.7 Å². The quantitative estimate of drug-likeness (QED) is 0.813. The summed E-state index contributed by atoms with van der Waals surface area (Å²) in [6.07, 6.45) is 3.85. The van der Waals surface area contributed by atoms with E-state index in [2.05, 4.69) is 4.98 Å². The monoisotopic (exact) mass is 284 g/mol. The molecule has 0 radical (unpaired) electrons. The van der Waals surface area contributed by atoms with Gasteiger partial charge in [-0.3, -0.25) is 14.6 Å². The summed E-state index contributed by atoms with van der Waals surface area (Å²) in [5.74, 6) is -1.83. The number of carbonyl (C=O) groups excluding carboxylic acids is 2. The van der Waals surface area contributed by atoms with E-state index in [1.54, 1.807) is 25.4 Å². The Labute approximate surface area is 121 Å². The van der Waals surface area contributed by atoms with E-state index in [1.165, 1.54) is 11.0 Å². The van der Waals surface area contributed by atoms with Gasteiger partial charge in [0.15, 0.2) is 0 Å². The summed E-state index contributed by atoms with van der Waals surface area (Å²) >= 11 is 0. The number of carbonyl (C=O) groups is 2. The molecule has 0 aliphatic carbocycles. The van der Waals surface area contributed by atoms with Gasteiger partial charge in [0.05, 0.1) is 11.3 Å². The van der Waals surface area contributed by atoms with Crippen LogP contribution in [0.3, 0.4) is 0 Å². The highest BCUT2D eigenvalue weighted by atomic mass is 19.1. The number of pyridine rings is 1. The lowest BCUT2D eigenvalue weighted by Crippen LogP contribution is -2.32. The lowest BCUT2D eigenvalue weighted by atomic mass is 10.1. The van der Waals surface area contributed by atoms with Crippen molar-refractivity contribution >= 4 is 17.4 Å². The molecule has 0 unspecified atom stereocenters. The van der Waals surface area contributed by atoms with E-state index >= 15 is 0 Å². The molecule has 0 bridgehead atoms. The molecule has 0 fully saturated rings. The molecule has 1 aliphatic heterocycles. The maximum Gasteiger partial charge on any atom is 0.299 e. The fourth-order valence-electron chi connectivity index (χ4n) is 2.53. The lowest BCUT2D eigenvalue weighted by molar-refractivity contribution is -0.114. The summed E-state index contributed by atoms with van der Waals surface area (Å²) in [5, 5.41) is 0. The number of nitrogens with zero attached hydrogens (tertiary/aromatic N) is 2. The maximum absolute atomic E-state index is 14.1. The number of halogens is 1. The minimum absolute atomic E-state index is 0.102. The predicted octanol–water partition coefficient (Wildman–Crippen LogP) is 2.30. The fraction of sp³-hybridized carbons (Fsp3) is 0.188. The van der Waals surface area contributed by atoms with Crippen LogP contribution in [0.1, 0.15) is 21.5 Å². The number of rotatable bonds is 3. The zero-order valence-electron chi connectivity index (χ0n) is 11.5. The number of fused-ring (bicyclic) bond motifs is 1. The van der Waals surface area contributed by atoms with Crippen molar-refractivity contribution in [2.75, 3.05) is 11.4 Å². The molecule has 0 atom stereocenters. The molecule has 0 saturated heterocycles. The Morgan fingerprint density at radius 1 is 1.19 bits per heavy atom. The fourth-order valence-corrected chi connectivity index (χ4v) is 2.53. The molecule has 3 rings (SSSR count). The lowest BCUT2D eigenvalue weighted by Gasteiger charge is -2.17. The van der Waals surface area contributed by atoms with Crippen molar-refractivity contribution in [1.82, 2.24) is 4.98 Å². The number of ketones is 1. The zero-order valence-corrected chi connectivity index (χ0v) is 11.5. The highest BCUT2D eigenvalue weighted by Gasteiger charge is 2.37. The standard InChI is InChI=1S/C16H13FN2O2/c1-10-8-12-14(13(17)9-10)19(16(21)15(12)20)7-4-11-2-5-18-6-3-11/h2-3,5-6,8-9H,4,7H2,1H3. The Kier molecular flexibility index (Phi) is 3.25. The molecule has 5 heteroatoms. The highest BCUT2D eigenvalue weighted by Crippen LogP contribution is 2.32. The van der Waals surface area contributed by atoms with Crippen molar-refractivity contribution < 1.29 is 14.0 Å². The van der Waals surface area contributed by atoms with Gasteiger partial charge in [0, 0.05) is 18.9 Å². The molecule has 0 saturated carbocycles. The van der Waals surface area contributed by atoms with Crippen LogP contribution < -0.4 is 4.90 Å². The van der Waals surface area contributed by atoms with Crippen LogP contribution in [0.5, 0.6) is 0 Å². The van der Waals surface area contributed by atoms with Crippen LogP contribution in [-0.4, -0.2) is 23.2 Å². The van der Waals surface area contributed by atoms with Gasteiger partial charge in [-0.05, 0) is 48.7 Å². The van der Waals surface area contributed by atoms with Crippen molar-refractivity contribution in [2.45, 2.75) is 13.3 Å². The van der Waals surface area contributed by atoms with E-state index in [4.69, 9.17) is 0 Å². The van der Waals surface area contributed by atoms with Crippen molar-refractivity contribution in [3.63, 3.8) is 0 Å². The van der Waals surface area contributed by atoms with Crippen LogP contribution in [0.2, 0.25) is 0 Å². The first kappa shape index (κ1) is 13.4. The number of aryl methyl sites for hydroxylation is 1. The summed E-state index contributed by atoms with van der Waals surface area (Å²) in [6.45, 7) is 1.96. The van der Waals surface area contributed by atoms with Crippen LogP contribution in [0.15, 0.2) is 36.7 Å². The topological polar surface area (TPSA) is 50.3 Å². The Hall–Kier alpha value is -2.56.